The molecule has 5 aromatic rings. The number of nitrogens with zero attached hydrogens (tertiary/aromatic N) is 2. The highest BCUT2D eigenvalue weighted by Gasteiger charge is 2.16. The Morgan fingerprint density at radius 1 is 1.07 bits per heavy atom. The predicted molar refractivity (Wildman–Crippen MR) is 163 cm³/mol. The molecule has 202 valence electrons. The van der Waals surface area contributed by atoms with Crippen LogP contribution in [0, 0.1) is 11.7 Å². The molecule has 2 aromatic carbocycles. The summed E-state index contributed by atoms with van der Waals surface area (Å²) in [5.74, 6) is 0.545. The molecule has 0 aliphatic heterocycles. The second-order valence-corrected chi connectivity index (χ2v) is 10.6. The average Bonchev–Trinajstić information content (AvgIpc) is 3.74. The highest BCUT2D eigenvalue weighted by Crippen LogP contribution is 2.34. The third kappa shape index (κ3) is 5.27. The topological polar surface area (TPSA) is 69.4 Å². The Morgan fingerprint density at radius 3 is 2.73 bits per heavy atom. The zero-order valence-electron chi connectivity index (χ0n) is 22.8. The van der Waals surface area contributed by atoms with Gasteiger partial charge in [0.1, 0.15) is 17.0 Å². The van der Waals surface area contributed by atoms with Crippen molar-refractivity contribution in [2.24, 2.45) is 5.92 Å². The van der Waals surface area contributed by atoms with E-state index in [1.807, 2.05) is 49.4 Å². The van der Waals surface area contributed by atoms with Crippen molar-refractivity contribution in [2.75, 3.05) is 13.1 Å². The highest BCUT2D eigenvalue weighted by atomic mass is 19.1. The Morgan fingerprint density at radius 2 is 1.93 bits per heavy atom. The molecule has 0 amide bonds. The van der Waals surface area contributed by atoms with Crippen molar-refractivity contribution < 1.29 is 4.39 Å². The van der Waals surface area contributed by atoms with Crippen molar-refractivity contribution in [3.63, 3.8) is 0 Å². The summed E-state index contributed by atoms with van der Waals surface area (Å²) in [6, 6.07) is 18.8. The number of hydrogen-bond donors (Lipinski definition) is 3. The first-order valence-electron chi connectivity index (χ1n) is 14.1. The third-order valence-electron chi connectivity index (χ3n) is 7.91. The highest BCUT2D eigenvalue weighted by molar-refractivity contribution is 6.00. The fraction of sp³-hybridized carbons (Fsp3) is 0.235. The van der Waals surface area contributed by atoms with Crippen molar-refractivity contribution in [1.29, 1.82) is 0 Å². The van der Waals surface area contributed by atoms with Gasteiger partial charge in [0.05, 0.1) is 16.9 Å². The zero-order valence-corrected chi connectivity index (χ0v) is 22.8. The fourth-order valence-electron chi connectivity index (χ4n) is 5.76. The van der Waals surface area contributed by atoms with Crippen molar-refractivity contribution in [3.8, 4) is 22.5 Å². The molecule has 6 rings (SSSR count). The van der Waals surface area contributed by atoms with Crippen LogP contribution < -0.4 is 5.32 Å². The molecule has 1 aliphatic carbocycles. The molecule has 6 heteroatoms. The third-order valence-corrected chi connectivity index (χ3v) is 7.91. The quantitative estimate of drug-likeness (QED) is 0.168. The number of benzene rings is 2. The van der Waals surface area contributed by atoms with E-state index >= 15 is 0 Å². The molecule has 0 radical (unpaired) electrons. The molecule has 0 bridgehead atoms. The normalized spacial score (nSPS) is 14.9. The first-order chi connectivity index (χ1) is 19.6. The molecule has 40 heavy (non-hydrogen) atoms. The Hall–Kier alpha value is -4.29. The van der Waals surface area contributed by atoms with Crippen LogP contribution in [-0.2, 0) is 0 Å². The molecule has 0 atom stereocenters. The summed E-state index contributed by atoms with van der Waals surface area (Å²) in [5.41, 5.74) is 9.09. The number of nitrogens with one attached hydrogen (secondary N) is 3. The van der Waals surface area contributed by atoms with Crippen LogP contribution in [0.4, 0.5) is 4.39 Å². The van der Waals surface area contributed by atoms with Gasteiger partial charge in [0, 0.05) is 17.4 Å². The van der Waals surface area contributed by atoms with Crippen LogP contribution in [-0.4, -0.2) is 33.3 Å². The number of rotatable bonds is 9. The average molecular weight is 532 g/mol. The molecule has 5 nitrogen and oxygen atoms in total. The Balaban J connectivity index is 1.31. The van der Waals surface area contributed by atoms with Gasteiger partial charge in [-0.2, -0.15) is 5.10 Å². The molecule has 3 aromatic heterocycles. The van der Waals surface area contributed by atoms with Gasteiger partial charge in [-0.3, -0.25) is 5.10 Å². The maximum absolute atomic E-state index is 14.0. The van der Waals surface area contributed by atoms with Gasteiger partial charge < -0.3 is 10.3 Å². The van der Waals surface area contributed by atoms with E-state index in [1.165, 1.54) is 31.7 Å². The van der Waals surface area contributed by atoms with Crippen LogP contribution >= 0.6 is 0 Å². The van der Waals surface area contributed by atoms with Crippen LogP contribution in [0.5, 0.6) is 0 Å². The lowest BCUT2D eigenvalue weighted by molar-refractivity contribution is 0.503. The second kappa shape index (κ2) is 11.4. The SMILES string of the molecule is C=C/C(=C\C(=C/C)c1ccc2[nH]nc(-c3cc4c(-c5cccc(F)c5)cccc4[nH]3)c2n1)CNCC1CCCC1. The van der Waals surface area contributed by atoms with E-state index in [-0.39, 0.29) is 5.82 Å². The van der Waals surface area contributed by atoms with E-state index < -0.39 is 0 Å². The van der Waals surface area contributed by atoms with Crippen LogP contribution in [0.1, 0.15) is 38.3 Å². The molecule has 1 fully saturated rings. The summed E-state index contributed by atoms with van der Waals surface area (Å²) in [5, 5.41) is 12.4. The number of hydrogen-bond acceptors (Lipinski definition) is 3. The number of pyridine rings is 1. The number of H-pyrrole nitrogens is 2. The monoisotopic (exact) mass is 531 g/mol. The summed E-state index contributed by atoms with van der Waals surface area (Å²) < 4.78 is 14.0. The lowest BCUT2D eigenvalue weighted by Gasteiger charge is -2.11. The van der Waals surface area contributed by atoms with Crippen LogP contribution in [0.2, 0.25) is 0 Å². The zero-order chi connectivity index (χ0) is 27.5. The van der Waals surface area contributed by atoms with Crippen LogP contribution in [0.25, 0.3) is 50.0 Å². The summed E-state index contributed by atoms with van der Waals surface area (Å²) in [6.07, 6.45) is 11.6. The number of halogens is 1. The fourth-order valence-corrected chi connectivity index (χ4v) is 5.76. The minimum atomic E-state index is -0.252. The molecule has 0 unspecified atom stereocenters. The van der Waals surface area contributed by atoms with Gasteiger partial charge in [-0.15, -0.1) is 0 Å². The van der Waals surface area contributed by atoms with E-state index in [0.29, 0.717) is 0 Å². The molecule has 3 heterocycles. The van der Waals surface area contributed by atoms with E-state index in [2.05, 4.69) is 45.3 Å². The minimum absolute atomic E-state index is 0.252. The molecule has 3 N–H and O–H groups in total. The van der Waals surface area contributed by atoms with E-state index in [9.17, 15) is 4.39 Å². The second-order valence-electron chi connectivity index (χ2n) is 10.6. The van der Waals surface area contributed by atoms with Crippen molar-refractivity contribution in [3.05, 3.63) is 103 Å². The summed E-state index contributed by atoms with van der Waals surface area (Å²) in [4.78, 5) is 8.55. The van der Waals surface area contributed by atoms with Crippen molar-refractivity contribution >= 4 is 27.5 Å². The first-order valence-corrected chi connectivity index (χ1v) is 14.1. The van der Waals surface area contributed by atoms with E-state index in [4.69, 9.17) is 4.98 Å². The van der Waals surface area contributed by atoms with Crippen molar-refractivity contribution in [2.45, 2.75) is 32.6 Å². The Kier molecular flexibility index (Phi) is 7.43. The van der Waals surface area contributed by atoms with Gasteiger partial charge in [0.25, 0.3) is 0 Å². The molecular formula is C34H34FN5. The lowest BCUT2D eigenvalue weighted by Crippen LogP contribution is -2.23. The largest absolute Gasteiger partial charge is 0.353 e. The van der Waals surface area contributed by atoms with Crippen LogP contribution in [0.15, 0.2) is 91.0 Å². The van der Waals surface area contributed by atoms with E-state index in [1.54, 1.807) is 12.1 Å². The maximum Gasteiger partial charge on any atom is 0.135 e. The minimum Gasteiger partial charge on any atom is -0.353 e. The van der Waals surface area contributed by atoms with Gasteiger partial charge >= 0.3 is 0 Å². The number of aromatic nitrogens is 4. The number of allylic oxidation sites excluding steroid dienone is 3. The molecule has 0 spiro atoms. The molecule has 0 saturated heterocycles. The Labute approximate surface area is 233 Å². The number of fused-ring (bicyclic) bond motifs is 2. The molecule has 1 saturated carbocycles. The Bertz CT molecular complexity index is 1730. The standard InChI is InChI=1S/C34H34FN5/c1-3-22(20-36-21-23-9-5-6-10-23)17-24(4-2)29-15-16-31-33(38-29)34(40-39-31)32-19-28-27(13-8-14-30(28)37-32)25-11-7-12-26(35)18-25/h3-4,7-8,11-19,23,36-37H,1,5-6,9-10,20-21H2,2H3,(H,39,40)/b22-17+,24-4+. The van der Waals surface area contributed by atoms with Gasteiger partial charge in [-0.05, 0) is 97.0 Å². The summed E-state index contributed by atoms with van der Waals surface area (Å²) in [7, 11) is 0. The van der Waals surface area contributed by atoms with E-state index in [0.717, 1.165) is 80.3 Å². The van der Waals surface area contributed by atoms with Crippen molar-refractivity contribution in [1.82, 2.24) is 25.5 Å². The smallest absolute Gasteiger partial charge is 0.135 e. The molecule has 1 aliphatic rings. The summed E-state index contributed by atoms with van der Waals surface area (Å²) in [6.45, 7) is 7.93. The van der Waals surface area contributed by atoms with Gasteiger partial charge in [0.15, 0.2) is 0 Å². The summed E-state index contributed by atoms with van der Waals surface area (Å²) >= 11 is 0. The first kappa shape index (κ1) is 26.0. The van der Waals surface area contributed by atoms with Crippen LogP contribution in [0.3, 0.4) is 0 Å². The molecular weight excluding hydrogens is 497 g/mol. The maximum atomic E-state index is 14.0. The van der Waals surface area contributed by atoms with Gasteiger partial charge in [-0.1, -0.05) is 55.8 Å². The lowest BCUT2D eigenvalue weighted by atomic mass is 10.0. The number of aromatic amines is 2. The predicted octanol–water partition coefficient (Wildman–Crippen LogP) is 8.21. The van der Waals surface area contributed by atoms with Gasteiger partial charge in [-0.25, -0.2) is 9.37 Å². The van der Waals surface area contributed by atoms with Gasteiger partial charge in [0.2, 0.25) is 0 Å².